The number of aromatic amines is 1. The number of carbonyl (C=O) groups is 1. The van der Waals surface area contributed by atoms with Crippen LogP contribution in [0.2, 0.25) is 0 Å². The molecule has 1 rings (SSSR count). The van der Waals surface area contributed by atoms with Gasteiger partial charge in [0.1, 0.15) is 0 Å². The lowest BCUT2D eigenvalue weighted by Gasteiger charge is -2.13. The lowest BCUT2D eigenvalue weighted by molar-refractivity contribution is -0.119. The van der Waals surface area contributed by atoms with E-state index in [2.05, 4.69) is 20.5 Å². The van der Waals surface area contributed by atoms with E-state index in [1.165, 1.54) is 0 Å². The minimum atomic E-state index is -0.0710. The predicted molar refractivity (Wildman–Crippen MR) is 52.7 cm³/mol. The average Bonchev–Trinajstić information content (AvgIpc) is 2.52. The van der Waals surface area contributed by atoms with Crippen molar-refractivity contribution in [2.75, 3.05) is 30.8 Å². The largest absolute Gasteiger partial charge is 0.368 e. The molecule has 0 aliphatic heterocycles. The van der Waals surface area contributed by atoms with Crippen molar-refractivity contribution in [3.63, 3.8) is 0 Å². The van der Waals surface area contributed by atoms with Crippen molar-refractivity contribution >= 4 is 17.8 Å². The number of H-pyrrole nitrogens is 1. The van der Waals surface area contributed by atoms with Gasteiger partial charge in [-0.25, -0.2) is 5.10 Å². The molecule has 0 bridgehead atoms. The van der Waals surface area contributed by atoms with E-state index in [4.69, 9.17) is 5.73 Å². The second-order valence-corrected chi connectivity index (χ2v) is 2.83. The highest BCUT2D eigenvalue weighted by molar-refractivity contribution is 5.80. The molecule has 1 aromatic heterocycles. The first-order valence-electron chi connectivity index (χ1n) is 4.29. The van der Waals surface area contributed by atoms with E-state index in [-0.39, 0.29) is 18.4 Å². The molecule has 7 nitrogen and oxygen atoms in total. The van der Waals surface area contributed by atoms with Crippen LogP contribution in [0.4, 0.5) is 11.9 Å². The van der Waals surface area contributed by atoms with Crippen LogP contribution in [0.3, 0.4) is 0 Å². The summed E-state index contributed by atoms with van der Waals surface area (Å²) >= 11 is 0. The van der Waals surface area contributed by atoms with Crippen LogP contribution in [0.5, 0.6) is 0 Å². The van der Waals surface area contributed by atoms with Crippen LogP contribution in [-0.2, 0) is 4.79 Å². The summed E-state index contributed by atoms with van der Waals surface area (Å²) in [6.07, 6.45) is 0. The van der Waals surface area contributed by atoms with E-state index in [1.807, 2.05) is 6.92 Å². The highest BCUT2D eigenvalue weighted by Gasteiger charge is 2.10. The number of nitrogens with one attached hydrogen (secondary N) is 2. The summed E-state index contributed by atoms with van der Waals surface area (Å²) in [6.45, 7) is 2.69. The van der Waals surface area contributed by atoms with Crippen molar-refractivity contribution < 1.29 is 4.79 Å². The van der Waals surface area contributed by atoms with Gasteiger partial charge < -0.3 is 16.0 Å². The fourth-order valence-corrected chi connectivity index (χ4v) is 0.975. The molecule has 1 aromatic rings. The number of rotatable bonds is 4. The quantitative estimate of drug-likeness (QED) is 0.573. The Morgan fingerprint density at radius 2 is 2.43 bits per heavy atom. The monoisotopic (exact) mass is 198 g/mol. The molecule has 78 valence electrons. The number of hydrogen-bond acceptors (Lipinski definition) is 5. The van der Waals surface area contributed by atoms with Gasteiger partial charge in [0.2, 0.25) is 17.8 Å². The number of nitrogens with two attached hydrogens (primary N) is 1. The molecule has 0 atom stereocenters. The Hall–Kier alpha value is -1.79. The summed E-state index contributed by atoms with van der Waals surface area (Å²) in [5, 5.41) is 8.99. The van der Waals surface area contributed by atoms with Crippen LogP contribution in [0, 0.1) is 0 Å². The number of aromatic nitrogens is 3. The molecule has 1 heterocycles. The summed E-state index contributed by atoms with van der Waals surface area (Å²) in [6, 6.07) is 0. The molecule has 0 spiro atoms. The van der Waals surface area contributed by atoms with Crippen molar-refractivity contribution in [2.45, 2.75) is 6.92 Å². The summed E-state index contributed by atoms with van der Waals surface area (Å²) in [4.78, 5) is 16.7. The molecule has 7 heteroatoms. The Kier molecular flexibility index (Phi) is 3.27. The smallest absolute Gasteiger partial charge is 0.246 e. The Balaban J connectivity index is 2.50. The van der Waals surface area contributed by atoms with Crippen molar-refractivity contribution in [1.29, 1.82) is 0 Å². The average molecular weight is 198 g/mol. The number of anilines is 2. The van der Waals surface area contributed by atoms with Gasteiger partial charge in [-0.15, -0.1) is 5.10 Å². The van der Waals surface area contributed by atoms with Crippen LogP contribution in [0.15, 0.2) is 0 Å². The van der Waals surface area contributed by atoms with E-state index in [1.54, 1.807) is 11.9 Å². The van der Waals surface area contributed by atoms with Gasteiger partial charge in [0.15, 0.2) is 0 Å². The maximum atomic E-state index is 11.2. The number of likely N-dealkylation sites (N-methyl/N-ethyl adjacent to an activating group) is 2. The minimum absolute atomic E-state index is 0.0710. The molecular formula is C7H14N6O. The zero-order valence-electron chi connectivity index (χ0n) is 8.24. The number of amides is 1. The Bertz CT molecular complexity index is 309. The first-order chi connectivity index (χ1) is 6.63. The predicted octanol–water partition coefficient (Wildman–Crippen LogP) is -1.04. The second-order valence-electron chi connectivity index (χ2n) is 2.83. The topological polar surface area (TPSA) is 99.9 Å². The molecule has 0 unspecified atom stereocenters. The van der Waals surface area contributed by atoms with Gasteiger partial charge in [0.05, 0.1) is 6.54 Å². The van der Waals surface area contributed by atoms with E-state index in [0.717, 1.165) is 0 Å². The zero-order chi connectivity index (χ0) is 10.6. The molecule has 14 heavy (non-hydrogen) atoms. The molecule has 0 aliphatic carbocycles. The van der Waals surface area contributed by atoms with Gasteiger partial charge in [-0.2, -0.15) is 4.98 Å². The van der Waals surface area contributed by atoms with Crippen LogP contribution in [0.1, 0.15) is 6.92 Å². The van der Waals surface area contributed by atoms with Crippen LogP contribution in [0.25, 0.3) is 0 Å². The molecule has 0 fully saturated rings. The van der Waals surface area contributed by atoms with Crippen LogP contribution < -0.4 is 16.0 Å². The lowest BCUT2D eigenvalue weighted by atomic mass is 10.5. The van der Waals surface area contributed by atoms with Gasteiger partial charge >= 0.3 is 0 Å². The zero-order valence-corrected chi connectivity index (χ0v) is 8.24. The third-order valence-electron chi connectivity index (χ3n) is 1.59. The molecular weight excluding hydrogens is 184 g/mol. The minimum Gasteiger partial charge on any atom is -0.368 e. The summed E-state index contributed by atoms with van der Waals surface area (Å²) < 4.78 is 0. The van der Waals surface area contributed by atoms with Crippen molar-refractivity contribution in [2.24, 2.45) is 0 Å². The normalized spacial score (nSPS) is 9.86. The summed E-state index contributed by atoms with van der Waals surface area (Å²) in [7, 11) is 1.72. The van der Waals surface area contributed by atoms with Crippen LogP contribution >= 0.6 is 0 Å². The van der Waals surface area contributed by atoms with Gasteiger partial charge in [-0.1, -0.05) is 0 Å². The molecule has 0 aromatic carbocycles. The summed E-state index contributed by atoms with van der Waals surface area (Å²) in [5.74, 6) is 0.579. The van der Waals surface area contributed by atoms with Gasteiger partial charge in [0.25, 0.3) is 0 Å². The molecule has 0 saturated carbocycles. The highest BCUT2D eigenvalue weighted by Crippen LogP contribution is 2.03. The molecule has 0 aliphatic rings. The maximum absolute atomic E-state index is 11.2. The third-order valence-corrected chi connectivity index (χ3v) is 1.59. The Labute approximate surface area is 81.7 Å². The Morgan fingerprint density at radius 1 is 1.71 bits per heavy atom. The first-order valence-corrected chi connectivity index (χ1v) is 4.29. The fraction of sp³-hybridized carbons (Fsp3) is 0.571. The van der Waals surface area contributed by atoms with Crippen LogP contribution in [-0.4, -0.2) is 41.2 Å². The first kappa shape index (κ1) is 10.3. The fourth-order valence-electron chi connectivity index (χ4n) is 0.975. The highest BCUT2D eigenvalue weighted by atomic mass is 16.2. The van der Waals surface area contributed by atoms with E-state index in [9.17, 15) is 4.79 Å². The number of nitrogens with zero attached hydrogens (tertiary/aromatic N) is 3. The molecule has 1 amide bonds. The van der Waals surface area contributed by atoms with E-state index >= 15 is 0 Å². The van der Waals surface area contributed by atoms with Crippen molar-refractivity contribution in [3.8, 4) is 0 Å². The summed E-state index contributed by atoms with van der Waals surface area (Å²) in [5.41, 5.74) is 5.35. The second kappa shape index (κ2) is 4.45. The van der Waals surface area contributed by atoms with Crippen molar-refractivity contribution in [1.82, 2.24) is 20.5 Å². The SMILES string of the molecule is CCNC(=O)CN(C)c1n[nH]c(N)n1. The van der Waals surface area contributed by atoms with E-state index < -0.39 is 0 Å². The maximum Gasteiger partial charge on any atom is 0.246 e. The molecule has 4 N–H and O–H groups in total. The Morgan fingerprint density at radius 3 is 2.93 bits per heavy atom. The van der Waals surface area contributed by atoms with Crippen molar-refractivity contribution in [3.05, 3.63) is 0 Å². The number of carbonyl (C=O) groups excluding carboxylic acids is 1. The molecule has 0 saturated heterocycles. The van der Waals surface area contributed by atoms with Gasteiger partial charge in [-0.3, -0.25) is 4.79 Å². The van der Waals surface area contributed by atoms with E-state index in [0.29, 0.717) is 12.5 Å². The third kappa shape index (κ3) is 2.61. The lowest BCUT2D eigenvalue weighted by Crippen LogP contribution is -2.35. The number of hydrogen-bond donors (Lipinski definition) is 3. The van der Waals surface area contributed by atoms with Gasteiger partial charge in [-0.05, 0) is 6.92 Å². The number of nitrogen functional groups attached to an aromatic ring is 1. The molecule has 0 radical (unpaired) electrons. The van der Waals surface area contributed by atoms with Gasteiger partial charge in [0, 0.05) is 13.6 Å². The standard InChI is InChI=1S/C7H14N6O/c1-3-9-5(14)4-13(2)7-10-6(8)11-12-7/h3-4H2,1-2H3,(H,9,14)(H3,8,10,11,12).